The summed E-state index contributed by atoms with van der Waals surface area (Å²) >= 11 is 2.69. The molecule has 1 rings (SSSR count). The molecule has 1 fully saturated rings. The van der Waals surface area contributed by atoms with E-state index in [0.29, 0.717) is 3.42 Å². The average molecular weight is 281 g/mol. The lowest BCUT2D eigenvalue weighted by Gasteiger charge is -2.37. The maximum atomic E-state index is 2.69. The van der Waals surface area contributed by atoms with Crippen molar-refractivity contribution in [2.45, 2.75) is 36.5 Å². The molecule has 1 nitrogen and oxygen atoms in total. The predicted octanol–water partition coefficient (Wildman–Crippen LogP) is 2.93. The summed E-state index contributed by atoms with van der Waals surface area (Å²) in [6, 6.07) is 0. The molecule has 0 saturated carbocycles. The van der Waals surface area contributed by atoms with Gasteiger partial charge in [-0.25, -0.2) is 0 Å². The second-order valence-electron chi connectivity index (χ2n) is 4.55. The molecule has 1 heterocycles. The number of halogens is 1. The van der Waals surface area contributed by atoms with Crippen molar-refractivity contribution in [3.63, 3.8) is 0 Å². The molecule has 0 aromatic carbocycles. The van der Waals surface area contributed by atoms with Crippen LogP contribution in [0.15, 0.2) is 0 Å². The summed E-state index contributed by atoms with van der Waals surface area (Å²) in [5, 5.41) is 0. The van der Waals surface area contributed by atoms with E-state index in [1.54, 1.807) is 0 Å². The summed E-state index contributed by atoms with van der Waals surface area (Å²) in [5.74, 6) is 0.852. The van der Waals surface area contributed by atoms with E-state index in [0.717, 1.165) is 5.92 Å². The molecule has 12 heavy (non-hydrogen) atoms. The molecule has 0 spiro atoms. The lowest BCUT2D eigenvalue weighted by molar-refractivity contribution is 0.231. The van der Waals surface area contributed by atoms with Crippen LogP contribution in [0.2, 0.25) is 0 Å². The number of nitrogens with zero attached hydrogens (tertiary/aromatic N) is 1. The van der Waals surface area contributed by atoms with Crippen molar-refractivity contribution in [2.75, 3.05) is 20.1 Å². The van der Waals surface area contributed by atoms with Crippen molar-refractivity contribution in [1.82, 2.24) is 4.90 Å². The first-order chi connectivity index (χ1) is 5.52. The zero-order chi connectivity index (χ0) is 9.19. The highest BCUT2D eigenvalue weighted by molar-refractivity contribution is 14.1. The van der Waals surface area contributed by atoms with Gasteiger partial charge >= 0.3 is 0 Å². The molecular formula is C10H20IN. The van der Waals surface area contributed by atoms with Gasteiger partial charge in [0.15, 0.2) is 0 Å². The van der Waals surface area contributed by atoms with E-state index in [-0.39, 0.29) is 0 Å². The SMILES string of the molecule is CC(C)CC1(I)CCN(C)CC1. The average Bonchev–Trinajstić information content (AvgIpc) is 1.94. The van der Waals surface area contributed by atoms with Crippen LogP contribution >= 0.6 is 22.6 Å². The first kappa shape index (κ1) is 10.8. The summed E-state index contributed by atoms with van der Waals surface area (Å²) < 4.78 is 0.610. The third-order valence-corrected chi connectivity index (χ3v) is 4.18. The molecule has 0 amide bonds. The Hall–Kier alpha value is 0.690. The van der Waals surface area contributed by atoms with Gasteiger partial charge in [0.2, 0.25) is 0 Å². The molecule has 0 unspecified atom stereocenters. The lowest BCUT2D eigenvalue weighted by Crippen LogP contribution is -2.39. The molecular weight excluding hydrogens is 261 g/mol. The van der Waals surface area contributed by atoms with E-state index in [4.69, 9.17) is 0 Å². The van der Waals surface area contributed by atoms with Crippen LogP contribution < -0.4 is 0 Å². The summed E-state index contributed by atoms with van der Waals surface area (Å²) in [6.45, 7) is 7.24. The van der Waals surface area contributed by atoms with Gasteiger partial charge in [0.25, 0.3) is 0 Å². The Bertz CT molecular complexity index is 137. The van der Waals surface area contributed by atoms with Gasteiger partial charge in [0.1, 0.15) is 0 Å². The van der Waals surface area contributed by atoms with Crippen molar-refractivity contribution in [1.29, 1.82) is 0 Å². The minimum atomic E-state index is 0.610. The van der Waals surface area contributed by atoms with Crippen LogP contribution in [0.25, 0.3) is 0 Å². The van der Waals surface area contributed by atoms with Crippen LogP contribution in [0.5, 0.6) is 0 Å². The van der Waals surface area contributed by atoms with Gasteiger partial charge in [0, 0.05) is 3.42 Å². The minimum Gasteiger partial charge on any atom is -0.306 e. The number of hydrogen-bond donors (Lipinski definition) is 0. The fourth-order valence-corrected chi connectivity index (χ4v) is 3.32. The molecule has 1 saturated heterocycles. The van der Waals surface area contributed by atoms with Gasteiger partial charge in [-0.2, -0.15) is 0 Å². The molecule has 2 heteroatoms. The van der Waals surface area contributed by atoms with E-state index >= 15 is 0 Å². The Morgan fingerprint density at radius 2 is 1.83 bits per heavy atom. The molecule has 1 aliphatic rings. The fraction of sp³-hybridized carbons (Fsp3) is 1.00. The normalized spacial score (nSPS) is 24.8. The zero-order valence-corrected chi connectivity index (χ0v) is 10.6. The zero-order valence-electron chi connectivity index (χ0n) is 8.44. The van der Waals surface area contributed by atoms with E-state index in [2.05, 4.69) is 48.4 Å². The standard InChI is InChI=1S/C10H20IN/c1-9(2)8-10(11)4-6-12(3)7-5-10/h9H,4-8H2,1-3H3. The third-order valence-electron chi connectivity index (χ3n) is 2.66. The summed E-state index contributed by atoms with van der Waals surface area (Å²) in [6.07, 6.45) is 4.14. The van der Waals surface area contributed by atoms with Gasteiger partial charge in [-0.05, 0) is 45.3 Å². The fourth-order valence-electron chi connectivity index (χ4n) is 1.96. The Balaban J connectivity index is 2.39. The smallest absolute Gasteiger partial charge is 0.0249 e. The van der Waals surface area contributed by atoms with Crippen LogP contribution in [-0.2, 0) is 0 Å². The highest BCUT2D eigenvalue weighted by atomic mass is 127. The van der Waals surface area contributed by atoms with Gasteiger partial charge in [-0.1, -0.05) is 36.4 Å². The van der Waals surface area contributed by atoms with Crippen molar-refractivity contribution in [2.24, 2.45) is 5.92 Å². The first-order valence-corrected chi connectivity index (χ1v) is 5.97. The van der Waals surface area contributed by atoms with E-state index in [9.17, 15) is 0 Å². The summed E-state index contributed by atoms with van der Waals surface area (Å²) in [5.41, 5.74) is 0. The quantitative estimate of drug-likeness (QED) is 0.555. The summed E-state index contributed by atoms with van der Waals surface area (Å²) in [7, 11) is 2.23. The number of piperidine rings is 1. The number of alkyl halides is 1. The van der Waals surface area contributed by atoms with Crippen LogP contribution in [-0.4, -0.2) is 28.5 Å². The van der Waals surface area contributed by atoms with Crippen LogP contribution in [0.4, 0.5) is 0 Å². The van der Waals surface area contributed by atoms with Crippen LogP contribution in [0.3, 0.4) is 0 Å². The van der Waals surface area contributed by atoms with Crippen molar-refractivity contribution in [3.8, 4) is 0 Å². The molecule has 0 atom stereocenters. The monoisotopic (exact) mass is 281 g/mol. The molecule has 0 aromatic heterocycles. The number of likely N-dealkylation sites (tertiary alicyclic amines) is 1. The van der Waals surface area contributed by atoms with Crippen molar-refractivity contribution < 1.29 is 0 Å². The molecule has 0 N–H and O–H groups in total. The maximum Gasteiger partial charge on any atom is 0.0249 e. The number of rotatable bonds is 2. The molecule has 72 valence electrons. The molecule has 0 aliphatic carbocycles. The third kappa shape index (κ3) is 3.21. The second-order valence-corrected chi connectivity index (χ2v) is 6.84. The van der Waals surface area contributed by atoms with Gasteiger partial charge in [-0.15, -0.1) is 0 Å². The van der Waals surface area contributed by atoms with Gasteiger partial charge < -0.3 is 4.90 Å². The highest BCUT2D eigenvalue weighted by Gasteiger charge is 2.30. The van der Waals surface area contributed by atoms with Gasteiger partial charge in [-0.3, -0.25) is 0 Å². The van der Waals surface area contributed by atoms with E-state index in [1.165, 1.54) is 32.4 Å². The predicted molar refractivity (Wildman–Crippen MR) is 62.9 cm³/mol. The Labute approximate surface area is 90.0 Å². The van der Waals surface area contributed by atoms with E-state index < -0.39 is 0 Å². The molecule has 0 radical (unpaired) electrons. The first-order valence-electron chi connectivity index (χ1n) is 4.89. The highest BCUT2D eigenvalue weighted by Crippen LogP contribution is 2.37. The lowest BCUT2D eigenvalue weighted by atomic mass is 9.89. The Morgan fingerprint density at radius 3 is 2.25 bits per heavy atom. The Kier molecular flexibility index (Phi) is 3.83. The topological polar surface area (TPSA) is 3.24 Å². The maximum absolute atomic E-state index is 2.69. The molecule has 0 aromatic rings. The van der Waals surface area contributed by atoms with Crippen LogP contribution in [0, 0.1) is 5.92 Å². The largest absolute Gasteiger partial charge is 0.306 e. The molecule has 1 aliphatic heterocycles. The van der Waals surface area contributed by atoms with E-state index in [1.807, 2.05) is 0 Å². The molecule has 0 bridgehead atoms. The summed E-state index contributed by atoms with van der Waals surface area (Å²) in [4.78, 5) is 2.44. The van der Waals surface area contributed by atoms with Crippen LogP contribution in [0.1, 0.15) is 33.1 Å². The number of hydrogen-bond acceptors (Lipinski definition) is 1. The van der Waals surface area contributed by atoms with Crippen molar-refractivity contribution in [3.05, 3.63) is 0 Å². The van der Waals surface area contributed by atoms with Crippen molar-refractivity contribution >= 4 is 22.6 Å². The second kappa shape index (κ2) is 4.27. The van der Waals surface area contributed by atoms with Gasteiger partial charge in [0.05, 0.1) is 0 Å². The minimum absolute atomic E-state index is 0.610. The Morgan fingerprint density at radius 1 is 1.33 bits per heavy atom.